The van der Waals surface area contributed by atoms with Crippen molar-refractivity contribution in [2.45, 2.75) is 6.54 Å². The third-order valence-corrected chi connectivity index (χ3v) is 1.77. The number of methoxy groups -OCH3 is 2. The summed E-state index contributed by atoms with van der Waals surface area (Å²) in [4.78, 5) is 0. The van der Waals surface area contributed by atoms with Crippen molar-refractivity contribution in [1.29, 1.82) is 0 Å². The normalized spacial score (nSPS) is 9.85. The van der Waals surface area contributed by atoms with E-state index in [1.54, 1.807) is 0 Å². The summed E-state index contributed by atoms with van der Waals surface area (Å²) < 4.78 is 23.0. The van der Waals surface area contributed by atoms with E-state index in [1.807, 2.05) is 0 Å². The molecular formula is C9H12FNO2. The summed E-state index contributed by atoms with van der Waals surface area (Å²) in [5.74, 6) is 0.488. The average Bonchev–Trinajstić information content (AvgIpc) is 2.17. The van der Waals surface area contributed by atoms with Crippen LogP contribution in [0.15, 0.2) is 12.1 Å². The minimum atomic E-state index is -0.375. The van der Waals surface area contributed by atoms with Gasteiger partial charge in [0.2, 0.25) is 0 Å². The molecule has 0 heterocycles. The van der Waals surface area contributed by atoms with Gasteiger partial charge in [0.05, 0.1) is 14.2 Å². The van der Waals surface area contributed by atoms with Crippen LogP contribution in [-0.4, -0.2) is 14.2 Å². The van der Waals surface area contributed by atoms with Crippen LogP contribution in [0.5, 0.6) is 11.5 Å². The summed E-state index contributed by atoms with van der Waals surface area (Å²) in [5, 5.41) is 0. The van der Waals surface area contributed by atoms with Crippen LogP contribution in [0.1, 0.15) is 5.56 Å². The fourth-order valence-corrected chi connectivity index (χ4v) is 1.05. The second-order valence-electron chi connectivity index (χ2n) is 2.50. The molecule has 0 fully saturated rings. The Balaban J connectivity index is 3.18. The maximum absolute atomic E-state index is 13.1. The van der Waals surface area contributed by atoms with Gasteiger partial charge < -0.3 is 15.2 Å². The Kier molecular flexibility index (Phi) is 3.08. The smallest absolute Gasteiger partial charge is 0.163 e. The number of benzene rings is 1. The fourth-order valence-electron chi connectivity index (χ4n) is 1.05. The lowest BCUT2D eigenvalue weighted by atomic mass is 10.2. The average molecular weight is 185 g/mol. The Bertz CT molecular complexity index is 302. The molecule has 1 rings (SSSR count). The van der Waals surface area contributed by atoms with E-state index in [4.69, 9.17) is 15.2 Å². The minimum absolute atomic E-state index is 0.145. The molecule has 0 amide bonds. The Morgan fingerprint density at radius 1 is 1.23 bits per heavy atom. The van der Waals surface area contributed by atoms with Crippen molar-refractivity contribution in [1.82, 2.24) is 0 Å². The predicted octanol–water partition coefficient (Wildman–Crippen LogP) is 1.30. The third kappa shape index (κ3) is 1.89. The number of hydrogen-bond donors (Lipinski definition) is 1. The highest BCUT2D eigenvalue weighted by Gasteiger charge is 2.09. The SMILES string of the molecule is COc1cc(F)c(CN)cc1OC. The highest BCUT2D eigenvalue weighted by Crippen LogP contribution is 2.29. The molecule has 0 spiro atoms. The Hall–Kier alpha value is -1.29. The van der Waals surface area contributed by atoms with E-state index in [9.17, 15) is 4.39 Å². The molecule has 0 radical (unpaired) electrons. The molecule has 0 saturated carbocycles. The predicted molar refractivity (Wildman–Crippen MR) is 47.4 cm³/mol. The molecule has 1 aromatic rings. The molecule has 0 saturated heterocycles. The second-order valence-corrected chi connectivity index (χ2v) is 2.50. The van der Waals surface area contributed by atoms with Gasteiger partial charge in [0.15, 0.2) is 11.5 Å². The largest absolute Gasteiger partial charge is 0.493 e. The van der Waals surface area contributed by atoms with Crippen LogP contribution in [0.2, 0.25) is 0 Å². The molecule has 0 aliphatic rings. The maximum Gasteiger partial charge on any atom is 0.163 e. The van der Waals surface area contributed by atoms with Gasteiger partial charge >= 0.3 is 0 Å². The molecule has 72 valence electrons. The summed E-state index contributed by atoms with van der Waals surface area (Å²) in [7, 11) is 2.95. The lowest BCUT2D eigenvalue weighted by Crippen LogP contribution is -2.01. The molecular weight excluding hydrogens is 173 g/mol. The van der Waals surface area contributed by atoms with Gasteiger partial charge in [-0.25, -0.2) is 4.39 Å². The van der Waals surface area contributed by atoms with Crippen molar-refractivity contribution >= 4 is 0 Å². The molecule has 13 heavy (non-hydrogen) atoms. The standard InChI is InChI=1S/C9H12FNO2/c1-12-8-3-6(5-11)7(10)4-9(8)13-2/h3-4H,5,11H2,1-2H3. The summed E-state index contributed by atoms with van der Waals surface area (Å²) in [6.45, 7) is 0.145. The van der Waals surface area contributed by atoms with Crippen LogP contribution in [0, 0.1) is 5.82 Å². The second kappa shape index (κ2) is 4.09. The van der Waals surface area contributed by atoms with Crippen LogP contribution >= 0.6 is 0 Å². The van der Waals surface area contributed by atoms with Crippen molar-refractivity contribution in [2.75, 3.05) is 14.2 Å². The topological polar surface area (TPSA) is 44.5 Å². The minimum Gasteiger partial charge on any atom is -0.493 e. The van der Waals surface area contributed by atoms with Crippen LogP contribution in [-0.2, 0) is 6.54 Å². The molecule has 1 aromatic carbocycles. The van der Waals surface area contributed by atoms with E-state index in [-0.39, 0.29) is 12.4 Å². The number of nitrogens with two attached hydrogens (primary N) is 1. The highest BCUT2D eigenvalue weighted by atomic mass is 19.1. The first-order valence-electron chi connectivity index (χ1n) is 3.83. The van der Waals surface area contributed by atoms with Crippen molar-refractivity contribution in [3.8, 4) is 11.5 Å². The number of ether oxygens (including phenoxy) is 2. The van der Waals surface area contributed by atoms with E-state index in [0.29, 0.717) is 17.1 Å². The van der Waals surface area contributed by atoms with Gasteiger partial charge in [0.25, 0.3) is 0 Å². The molecule has 0 atom stereocenters. The first-order valence-corrected chi connectivity index (χ1v) is 3.83. The van der Waals surface area contributed by atoms with Gasteiger partial charge in [-0.1, -0.05) is 0 Å². The number of halogens is 1. The molecule has 4 heteroatoms. The Labute approximate surface area is 76.3 Å². The van der Waals surface area contributed by atoms with Gasteiger partial charge in [-0.3, -0.25) is 0 Å². The molecule has 0 aliphatic carbocycles. The van der Waals surface area contributed by atoms with Crippen molar-refractivity contribution < 1.29 is 13.9 Å². The van der Waals surface area contributed by atoms with Crippen LogP contribution in [0.3, 0.4) is 0 Å². The van der Waals surface area contributed by atoms with E-state index in [0.717, 1.165) is 0 Å². The highest BCUT2D eigenvalue weighted by molar-refractivity contribution is 5.43. The van der Waals surface area contributed by atoms with Crippen LogP contribution in [0.4, 0.5) is 4.39 Å². The third-order valence-electron chi connectivity index (χ3n) is 1.77. The van der Waals surface area contributed by atoms with Gasteiger partial charge in [-0.05, 0) is 6.07 Å². The zero-order valence-corrected chi connectivity index (χ0v) is 7.63. The Morgan fingerprint density at radius 3 is 2.23 bits per heavy atom. The van der Waals surface area contributed by atoms with Gasteiger partial charge in [0, 0.05) is 18.2 Å². The molecule has 0 bridgehead atoms. The van der Waals surface area contributed by atoms with Crippen LogP contribution < -0.4 is 15.2 Å². The first kappa shape index (κ1) is 9.80. The van der Waals surface area contributed by atoms with Gasteiger partial charge in [0.1, 0.15) is 5.82 Å². The maximum atomic E-state index is 13.1. The lowest BCUT2D eigenvalue weighted by Gasteiger charge is -2.09. The van der Waals surface area contributed by atoms with E-state index < -0.39 is 0 Å². The van der Waals surface area contributed by atoms with E-state index in [2.05, 4.69) is 0 Å². The summed E-state index contributed by atoms with van der Waals surface area (Å²) in [5.41, 5.74) is 5.74. The lowest BCUT2D eigenvalue weighted by molar-refractivity contribution is 0.351. The van der Waals surface area contributed by atoms with Crippen molar-refractivity contribution in [3.63, 3.8) is 0 Å². The molecule has 2 N–H and O–H groups in total. The number of rotatable bonds is 3. The monoisotopic (exact) mass is 185 g/mol. The van der Waals surface area contributed by atoms with Crippen molar-refractivity contribution in [3.05, 3.63) is 23.5 Å². The van der Waals surface area contributed by atoms with Gasteiger partial charge in [-0.15, -0.1) is 0 Å². The van der Waals surface area contributed by atoms with Crippen molar-refractivity contribution in [2.24, 2.45) is 5.73 Å². The molecule has 3 nitrogen and oxygen atoms in total. The number of hydrogen-bond acceptors (Lipinski definition) is 3. The zero-order chi connectivity index (χ0) is 9.84. The quantitative estimate of drug-likeness (QED) is 0.772. The fraction of sp³-hybridized carbons (Fsp3) is 0.333. The van der Waals surface area contributed by atoms with Crippen LogP contribution in [0.25, 0.3) is 0 Å². The molecule has 0 aromatic heterocycles. The summed E-state index contributed by atoms with van der Waals surface area (Å²) in [6.07, 6.45) is 0. The molecule has 0 aliphatic heterocycles. The van der Waals surface area contributed by atoms with E-state index >= 15 is 0 Å². The summed E-state index contributed by atoms with van der Waals surface area (Å²) >= 11 is 0. The Morgan fingerprint density at radius 2 is 1.77 bits per heavy atom. The van der Waals surface area contributed by atoms with E-state index in [1.165, 1.54) is 26.4 Å². The summed E-state index contributed by atoms with van der Waals surface area (Å²) in [6, 6.07) is 2.80. The zero-order valence-electron chi connectivity index (χ0n) is 7.63. The first-order chi connectivity index (χ1) is 6.22. The molecule has 0 unspecified atom stereocenters. The van der Waals surface area contributed by atoms with Gasteiger partial charge in [-0.2, -0.15) is 0 Å².